The first-order chi connectivity index (χ1) is 11.5. The van der Waals surface area contributed by atoms with Crippen LogP contribution in [-0.4, -0.2) is 5.91 Å². The van der Waals surface area contributed by atoms with Crippen LogP contribution in [0.15, 0.2) is 52.9 Å². The van der Waals surface area contributed by atoms with Crippen molar-refractivity contribution in [1.29, 1.82) is 0 Å². The molecule has 0 atom stereocenters. The van der Waals surface area contributed by atoms with Gasteiger partial charge in [0.05, 0.1) is 10.0 Å². The van der Waals surface area contributed by atoms with E-state index >= 15 is 0 Å². The van der Waals surface area contributed by atoms with E-state index in [0.29, 0.717) is 21.4 Å². The minimum Gasteiger partial charge on any atom is -0.451 e. The van der Waals surface area contributed by atoms with Crippen LogP contribution in [0.5, 0.6) is 0 Å². The second-order valence-electron chi connectivity index (χ2n) is 5.47. The number of nitrogens with one attached hydrogen (secondary N) is 1. The van der Waals surface area contributed by atoms with E-state index < -0.39 is 0 Å². The van der Waals surface area contributed by atoms with Crippen LogP contribution in [0.25, 0.3) is 11.3 Å². The summed E-state index contributed by atoms with van der Waals surface area (Å²) in [6.07, 6.45) is 0. The summed E-state index contributed by atoms with van der Waals surface area (Å²) < 4.78 is 5.65. The molecule has 1 amide bonds. The maximum absolute atomic E-state index is 12.4. The minimum atomic E-state index is -0.312. The lowest BCUT2D eigenvalue weighted by molar-refractivity contribution is 0.0997. The summed E-state index contributed by atoms with van der Waals surface area (Å²) in [7, 11) is 0. The Bertz CT molecular complexity index is 915. The number of benzene rings is 2. The molecule has 24 heavy (non-hydrogen) atoms. The monoisotopic (exact) mass is 359 g/mol. The van der Waals surface area contributed by atoms with Gasteiger partial charge in [0.1, 0.15) is 5.76 Å². The number of anilines is 1. The molecule has 0 unspecified atom stereocenters. The highest BCUT2D eigenvalue weighted by Crippen LogP contribution is 2.34. The van der Waals surface area contributed by atoms with Gasteiger partial charge in [0, 0.05) is 11.3 Å². The van der Waals surface area contributed by atoms with Gasteiger partial charge in [0.25, 0.3) is 5.91 Å². The Morgan fingerprint density at radius 1 is 1.00 bits per heavy atom. The minimum absolute atomic E-state index is 0.210. The van der Waals surface area contributed by atoms with Crippen molar-refractivity contribution in [2.75, 3.05) is 5.32 Å². The second kappa shape index (κ2) is 6.71. The van der Waals surface area contributed by atoms with Crippen LogP contribution in [0.3, 0.4) is 0 Å². The number of rotatable bonds is 3. The summed E-state index contributed by atoms with van der Waals surface area (Å²) in [5, 5.41) is 3.70. The number of halogens is 2. The van der Waals surface area contributed by atoms with Crippen LogP contribution >= 0.6 is 23.2 Å². The number of hydrogen-bond donors (Lipinski definition) is 1. The Hall–Kier alpha value is -2.23. The van der Waals surface area contributed by atoms with Crippen molar-refractivity contribution in [3.63, 3.8) is 0 Å². The van der Waals surface area contributed by atoms with Gasteiger partial charge in [0.2, 0.25) is 0 Å². The standard InChI is InChI=1S/C19H15Cl2NO2/c1-11-5-3-8-15(12(11)2)22-19(23)17-10-9-16(24-17)13-6-4-7-14(20)18(13)21/h3-10H,1-2H3,(H,22,23). The third kappa shape index (κ3) is 3.18. The van der Waals surface area contributed by atoms with Gasteiger partial charge in [-0.25, -0.2) is 0 Å². The first-order valence-electron chi connectivity index (χ1n) is 7.39. The van der Waals surface area contributed by atoms with E-state index in [-0.39, 0.29) is 11.7 Å². The van der Waals surface area contributed by atoms with Crippen molar-refractivity contribution in [3.05, 3.63) is 75.5 Å². The van der Waals surface area contributed by atoms with Gasteiger partial charge in [0.15, 0.2) is 5.76 Å². The molecule has 5 heteroatoms. The number of furan rings is 1. The topological polar surface area (TPSA) is 42.2 Å². The first-order valence-corrected chi connectivity index (χ1v) is 8.14. The molecule has 0 aliphatic carbocycles. The number of amides is 1. The fourth-order valence-corrected chi connectivity index (χ4v) is 2.76. The van der Waals surface area contributed by atoms with Gasteiger partial charge < -0.3 is 9.73 Å². The van der Waals surface area contributed by atoms with E-state index in [1.165, 1.54) is 0 Å². The van der Waals surface area contributed by atoms with Crippen LogP contribution in [0.4, 0.5) is 5.69 Å². The van der Waals surface area contributed by atoms with Gasteiger partial charge in [-0.3, -0.25) is 4.79 Å². The number of aryl methyl sites for hydroxylation is 1. The van der Waals surface area contributed by atoms with Gasteiger partial charge in [-0.15, -0.1) is 0 Å². The molecule has 3 nitrogen and oxygen atoms in total. The fraction of sp³-hybridized carbons (Fsp3) is 0.105. The first kappa shape index (κ1) is 16.6. The van der Waals surface area contributed by atoms with E-state index in [1.807, 2.05) is 32.0 Å². The SMILES string of the molecule is Cc1cccc(NC(=O)c2ccc(-c3cccc(Cl)c3Cl)o2)c1C. The molecular weight excluding hydrogens is 345 g/mol. The zero-order valence-corrected chi connectivity index (χ0v) is 14.7. The van der Waals surface area contributed by atoms with Gasteiger partial charge in [-0.2, -0.15) is 0 Å². The third-order valence-electron chi connectivity index (χ3n) is 3.90. The van der Waals surface area contributed by atoms with Crippen molar-refractivity contribution < 1.29 is 9.21 Å². The Balaban J connectivity index is 1.86. The molecule has 122 valence electrons. The van der Waals surface area contributed by atoms with Crippen LogP contribution < -0.4 is 5.32 Å². The van der Waals surface area contributed by atoms with Gasteiger partial charge in [-0.1, -0.05) is 41.4 Å². The molecule has 1 heterocycles. The highest BCUT2D eigenvalue weighted by Gasteiger charge is 2.16. The van der Waals surface area contributed by atoms with Crippen molar-refractivity contribution >= 4 is 34.8 Å². The van der Waals surface area contributed by atoms with Crippen molar-refractivity contribution in [2.45, 2.75) is 13.8 Å². The molecule has 0 bridgehead atoms. The van der Waals surface area contributed by atoms with E-state index in [0.717, 1.165) is 16.8 Å². The molecule has 0 aliphatic heterocycles. The smallest absolute Gasteiger partial charge is 0.291 e. The summed E-state index contributed by atoms with van der Waals surface area (Å²) in [5.74, 6) is 0.392. The normalized spacial score (nSPS) is 10.7. The number of hydrogen-bond acceptors (Lipinski definition) is 2. The average Bonchev–Trinajstić information content (AvgIpc) is 3.04. The Morgan fingerprint density at radius 2 is 1.75 bits per heavy atom. The summed E-state index contributed by atoms with van der Waals surface area (Å²) in [6.45, 7) is 3.96. The summed E-state index contributed by atoms with van der Waals surface area (Å²) in [5.41, 5.74) is 3.54. The predicted octanol–water partition coefficient (Wildman–Crippen LogP) is 6.12. The van der Waals surface area contributed by atoms with Crippen LogP contribution in [-0.2, 0) is 0 Å². The lowest BCUT2D eigenvalue weighted by Gasteiger charge is -2.09. The van der Waals surface area contributed by atoms with E-state index in [4.69, 9.17) is 27.6 Å². The summed E-state index contributed by atoms with van der Waals surface area (Å²) in [6, 6.07) is 14.3. The highest BCUT2D eigenvalue weighted by molar-refractivity contribution is 6.43. The Morgan fingerprint density at radius 3 is 2.54 bits per heavy atom. The highest BCUT2D eigenvalue weighted by atomic mass is 35.5. The molecule has 0 radical (unpaired) electrons. The van der Waals surface area contributed by atoms with Crippen LogP contribution in [0.2, 0.25) is 10.0 Å². The Kier molecular flexibility index (Phi) is 4.65. The molecule has 0 saturated carbocycles. The van der Waals surface area contributed by atoms with E-state index in [2.05, 4.69) is 5.32 Å². The zero-order valence-electron chi connectivity index (χ0n) is 13.2. The fourth-order valence-electron chi connectivity index (χ4n) is 2.37. The molecule has 1 aromatic heterocycles. The lowest BCUT2D eigenvalue weighted by Crippen LogP contribution is -2.12. The summed E-state index contributed by atoms with van der Waals surface area (Å²) >= 11 is 12.2. The average molecular weight is 360 g/mol. The lowest BCUT2D eigenvalue weighted by atomic mass is 10.1. The van der Waals surface area contributed by atoms with Crippen molar-refractivity contribution in [1.82, 2.24) is 0 Å². The van der Waals surface area contributed by atoms with Gasteiger partial charge >= 0.3 is 0 Å². The Labute approximate surface area is 150 Å². The van der Waals surface area contributed by atoms with E-state index in [9.17, 15) is 4.79 Å². The second-order valence-corrected chi connectivity index (χ2v) is 6.25. The molecule has 0 saturated heterocycles. The predicted molar refractivity (Wildman–Crippen MR) is 98.0 cm³/mol. The molecule has 3 rings (SSSR count). The number of carbonyl (C=O) groups is 1. The van der Waals surface area contributed by atoms with Crippen LogP contribution in [0.1, 0.15) is 21.7 Å². The maximum Gasteiger partial charge on any atom is 0.291 e. The van der Waals surface area contributed by atoms with Crippen LogP contribution in [0, 0.1) is 13.8 Å². The maximum atomic E-state index is 12.4. The molecule has 0 aliphatic rings. The molecule has 0 spiro atoms. The molecular formula is C19H15Cl2NO2. The zero-order chi connectivity index (χ0) is 17.3. The van der Waals surface area contributed by atoms with Crippen molar-refractivity contribution in [2.24, 2.45) is 0 Å². The van der Waals surface area contributed by atoms with Gasteiger partial charge in [-0.05, 0) is 55.3 Å². The molecule has 1 N–H and O–H groups in total. The van der Waals surface area contributed by atoms with Crippen molar-refractivity contribution in [3.8, 4) is 11.3 Å². The third-order valence-corrected chi connectivity index (χ3v) is 4.72. The quantitative estimate of drug-likeness (QED) is 0.611. The molecule has 0 fully saturated rings. The van der Waals surface area contributed by atoms with E-state index in [1.54, 1.807) is 30.3 Å². The molecule has 3 aromatic rings. The molecule has 2 aromatic carbocycles. The largest absolute Gasteiger partial charge is 0.451 e. The number of carbonyl (C=O) groups excluding carboxylic acids is 1. The summed E-state index contributed by atoms with van der Waals surface area (Å²) in [4.78, 5) is 12.4.